The van der Waals surface area contributed by atoms with E-state index in [0.29, 0.717) is 5.41 Å². The second-order valence-electron chi connectivity index (χ2n) is 6.33. The van der Waals surface area contributed by atoms with E-state index in [1.54, 1.807) is 5.56 Å². The molecule has 104 valence electrons. The van der Waals surface area contributed by atoms with Crippen molar-refractivity contribution in [1.29, 1.82) is 0 Å². The van der Waals surface area contributed by atoms with E-state index in [9.17, 15) is 0 Å². The lowest BCUT2D eigenvalue weighted by Crippen LogP contribution is -2.56. The van der Waals surface area contributed by atoms with Crippen LogP contribution < -0.4 is 5.32 Å². The van der Waals surface area contributed by atoms with Crippen LogP contribution in [0, 0.1) is 0 Å². The quantitative estimate of drug-likeness (QED) is 0.877. The predicted molar refractivity (Wildman–Crippen MR) is 80.5 cm³/mol. The first-order valence-electron chi connectivity index (χ1n) is 7.81. The molecule has 0 amide bonds. The topological polar surface area (TPSA) is 15.3 Å². The molecular weight excluding hydrogens is 232 g/mol. The molecule has 1 N–H and O–H groups in total. The molecule has 1 aliphatic carbocycles. The first kappa shape index (κ1) is 13.1. The van der Waals surface area contributed by atoms with E-state index in [0.717, 1.165) is 19.1 Å². The average Bonchev–Trinajstić information content (AvgIpc) is 2.49. The van der Waals surface area contributed by atoms with Gasteiger partial charge in [0.05, 0.1) is 0 Å². The van der Waals surface area contributed by atoms with Gasteiger partial charge < -0.3 is 5.32 Å². The number of rotatable bonds is 2. The van der Waals surface area contributed by atoms with Gasteiger partial charge >= 0.3 is 0 Å². The van der Waals surface area contributed by atoms with Crippen LogP contribution in [0.3, 0.4) is 0 Å². The van der Waals surface area contributed by atoms with Crippen molar-refractivity contribution in [3.05, 3.63) is 35.9 Å². The van der Waals surface area contributed by atoms with E-state index in [4.69, 9.17) is 0 Å². The van der Waals surface area contributed by atoms with Crippen LogP contribution >= 0.6 is 0 Å². The van der Waals surface area contributed by atoms with E-state index in [2.05, 4.69) is 47.5 Å². The van der Waals surface area contributed by atoms with Crippen molar-refractivity contribution in [2.75, 3.05) is 26.2 Å². The van der Waals surface area contributed by atoms with Gasteiger partial charge in [-0.2, -0.15) is 0 Å². The van der Waals surface area contributed by atoms with Crippen molar-refractivity contribution in [3.63, 3.8) is 0 Å². The number of nitrogens with one attached hydrogen (secondary N) is 1. The molecule has 2 aliphatic rings. The first-order chi connectivity index (χ1) is 9.31. The van der Waals surface area contributed by atoms with Gasteiger partial charge in [0, 0.05) is 37.6 Å². The van der Waals surface area contributed by atoms with Gasteiger partial charge in [-0.05, 0) is 18.4 Å². The van der Waals surface area contributed by atoms with Crippen LogP contribution in [0.1, 0.15) is 38.2 Å². The number of piperazine rings is 1. The lowest BCUT2D eigenvalue weighted by Gasteiger charge is -2.49. The molecule has 0 spiro atoms. The highest BCUT2D eigenvalue weighted by atomic mass is 15.2. The Morgan fingerprint density at radius 1 is 1.11 bits per heavy atom. The summed E-state index contributed by atoms with van der Waals surface area (Å²) in [7, 11) is 0. The Morgan fingerprint density at radius 3 is 2.58 bits per heavy atom. The van der Waals surface area contributed by atoms with Gasteiger partial charge in [-0.1, -0.05) is 50.1 Å². The van der Waals surface area contributed by atoms with Gasteiger partial charge in [-0.15, -0.1) is 0 Å². The molecular formula is C17H26N2. The fourth-order valence-electron chi connectivity index (χ4n) is 4.05. The van der Waals surface area contributed by atoms with Crippen LogP contribution in [0.25, 0.3) is 0 Å². The van der Waals surface area contributed by atoms with Gasteiger partial charge in [0.2, 0.25) is 0 Å². The molecule has 0 aromatic heterocycles. The third kappa shape index (κ3) is 2.56. The highest BCUT2D eigenvalue weighted by Crippen LogP contribution is 2.41. The molecule has 1 saturated carbocycles. The molecule has 19 heavy (non-hydrogen) atoms. The summed E-state index contributed by atoms with van der Waals surface area (Å²) in [5, 5.41) is 3.48. The standard InChI is InChI=1S/C17H26N2/c1-17(15-7-3-2-4-8-15)10-6-5-9-16(17)19-13-11-18-12-14-19/h2-4,7-8,16,18H,5-6,9-14H2,1H3. The summed E-state index contributed by atoms with van der Waals surface area (Å²) in [6.07, 6.45) is 5.49. The predicted octanol–water partition coefficient (Wildman–Crippen LogP) is 2.79. The van der Waals surface area contributed by atoms with Crippen LogP contribution in [0.15, 0.2) is 30.3 Å². The monoisotopic (exact) mass is 258 g/mol. The zero-order chi connectivity index (χ0) is 13.1. The average molecular weight is 258 g/mol. The fraction of sp³-hybridized carbons (Fsp3) is 0.647. The lowest BCUT2D eigenvalue weighted by molar-refractivity contribution is 0.0754. The smallest absolute Gasteiger partial charge is 0.0191 e. The maximum atomic E-state index is 3.48. The molecule has 1 saturated heterocycles. The van der Waals surface area contributed by atoms with Crippen molar-refractivity contribution in [1.82, 2.24) is 10.2 Å². The van der Waals surface area contributed by atoms with Crippen molar-refractivity contribution in [3.8, 4) is 0 Å². The van der Waals surface area contributed by atoms with Crippen molar-refractivity contribution in [2.24, 2.45) is 0 Å². The number of nitrogens with zero attached hydrogens (tertiary/aromatic N) is 1. The third-order valence-corrected chi connectivity index (χ3v) is 5.18. The van der Waals surface area contributed by atoms with E-state index in [1.807, 2.05) is 0 Å². The second-order valence-corrected chi connectivity index (χ2v) is 6.33. The third-order valence-electron chi connectivity index (χ3n) is 5.18. The maximum absolute atomic E-state index is 3.48. The summed E-state index contributed by atoms with van der Waals surface area (Å²) >= 11 is 0. The van der Waals surface area contributed by atoms with Gasteiger partial charge in [-0.25, -0.2) is 0 Å². The SMILES string of the molecule is CC1(c2ccccc2)CCCCC1N1CCNCC1. The lowest BCUT2D eigenvalue weighted by atomic mass is 9.66. The summed E-state index contributed by atoms with van der Waals surface area (Å²) in [5.74, 6) is 0. The number of hydrogen-bond donors (Lipinski definition) is 1. The minimum absolute atomic E-state index is 0.344. The summed E-state index contributed by atoms with van der Waals surface area (Å²) in [6.45, 7) is 7.23. The molecule has 1 aromatic rings. The summed E-state index contributed by atoms with van der Waals surface area (Å²) in [6, 6.07) is 11.9. The molecule has 2 fully saturated rings. The normalized spacial score (nSPS) is 33.2. The molecule has 2 nitrogen and oxygen atoms in total. The summed E-state index contributed by atoms with van der Waals surface area (Å²) in [5.41, 5.74) is 1.88. The van der Waals surface area contributed by atoms with E-state index in [-0.39, 0.29) is 0 Å². The largest absolute Gasteiger partial charge is 0.314 e. The molecule has 1 heterocycles. The Hall–Kier alpha value is -0.860. The number of hydrogen-bond acceptors (Lipinski definition) is 2. The number of benzene rings is 1. The molecule has 0 bridgehead atoms. The molecule has 1 aromatic carbocycles. The summed E-state index contributed by atoms with van der Waals surface area (Å²) < 4.78 is 0. The molecule has 1 aliphatic heterocycles. The Kier molecular flexibility index (Phi) is 3.90. The van der Waals surface area contributed by atoms with Crippen molar-refractivity contribution >= 4 is 0 Å². The van der Waals surface area contributed by atoms with Crippen LogP contribution in [-0.2, 0) is 5.41 Å². The molecule has 0 radical (unpaired) electrons. The van der Waals surface area contributed by atoms with Crippen LogP contribution in [0.4, 0.5) is 0 Å². The van der Waals surface area contributed by atoms with Gasteiger partial charge in [0.1, 0.15) is 0 Å². The van der Waals surface area contributed by atoms with E-state index >= 15 is 0 Å². The van der Waals surface area contributed by atoms with Crippen LogP contribution in [-0.4, -0.2) is 37.1 Å². The van der Waals surface area contributed by atoms with Gasteiger partial charge in [-0.3, -0.25) is 4.90 Å². The zero-order valence-electron chi connectivity index (χ0n) is 12.1. The van der Waals surface area contributed by atoms with Gasteiger partial charge in [0.25, 0.3) is 0 Å². The molecule has 2 atom stereocenters. The Bertz CT molecular complexity index is 397. The summed E-state index contributed by atoms with van der Waals surface area (Å²) in [4.78, 5) is 2.74. The second kappa shape index (κ2) is 5.64. The van der Waals surface area contributed by atoms with Crippen molar-refractivity contribution in [2.45, 2.75) is 44.1 Å². The minimum atomic E-state index is 0.344. The molecule has 2 heteroatoms. The van der Waals surface area contributed by atoms with Gasteiger partial charge in [0.15, 0.2) is 0 Å². The molecule has 2 unspecified atom stereocenters. The van der Waals surface area contributed by atoms with E-state index < -0.39 is 0 Å². The van der Waals surface area contributed by atoms with Crippen LogP contribution in [0.5, 0.6) is 0 Å². The Labute approximate surface area is 117 Å². The van der Waals surface area contributed by atoms with Crippen LogP contribution in [0.2, 0.25) is 0 Å². The zero-order valence-corrected chi connectivity index (χ0v) is 12.1. The highest BCUT2D eigenvalue weighted by molar-refractivity contribution is 5.27. The van der Waals surface area contributed by atoms with E-state index in [1.165, 1.54) is 38.8 Å². The first-order valence-corrected chi connectivity index (χ1v) is 7.81. The fourth-order valence-corrected chi connectivity index (χ4v) is 4.05. The highest BCUT2D eigenvalue weighted by Gasteiger charge is 2.41. The molecule has 3 rings (SSSR count). The Balaban J connectivity index is 1.87. The van der Waals surface area contributed by atoms with Crippen molar-refractivity contribution < 1.29 is 0 Å². The maximum Gasteiger partial charge on any atom is 0.0191 e. The minimum Gasteiger partial charge on any atom is -0.314 e. The Morgan fingerprint density at radius 2 is 1.84 bits per heavy atom.